The molecule has 0 fully saturated rings. The highest BCUT2D eigenvalue weighted by Crippen LogP contribution is 2.28. The van der Waals surface area contributed by atoms with Gasteiger partial charge < -0.3 is 0 Å². The van der Waals surface area contributed by atoms with Crippen molar-refractivity contribution in [2.45, 2.75) is 32.7 Å². The predicted molar refractivity (Wildman–Crippen MR) is 138 cm³/mol. The molecular formula is C26H24BrN7O. The minimum atomic E-state index is -0.0600. The smallest absolute Gasteiger partial charge is 0.292 e. The third-order valence-electron chi connectivity index (χ3n) is 5.93. The second-order valence-electron chi connectivity index (χ2n) is 8.26. The zero-order chi connectivity index (χ0) is 24.2. The molecule has 5 aromatic rings. The number of halogens is 1. The van der Waals surface area contributed by atoms with Crippen LogP contribution < -0.4 is 5.69 Å². The lowest BCUT2D eigenvalue weighted by molar-refractivity contribution is 0.672. The Morgan fingerprint density at radius 2 is 1.80 bits per heavy atom. The molecule has 0 aliphatic carbocycles. The Morgan fingerprint density at radius 1 is 1.00 bits per heavy atom. The molecule has 2 aromatic carbocycles. The second-order valence-corrected chi connectivity index (χ2v) is 9.12. The number of nitrogens with zero attached hydrogens (tertiary/aromatic N) is 6. The molecule has 1 N–H and O–H groups in total. The molecule has 176 valence electrons. The van der Waals surface area contributed by atoms with E-state index >= 15 is 0 Å². The molecule has 9 heteroatoms. The van der Waals surface area contributed by atoms with Crippen LogP contribution >= 0.6 is 15.9 Å². The number of unbranched alkanes of at least 4 members (excludes halogenated alkanes) is 1. The maximum Gasteiger partial charge on any atom is 0.333 e. The van der Waals surface area contributed by atoms with Crippen LogP contribution in [0.5, 0.6) is 0 Å². The van der Waals surface area contributed by atoms with Crippen LogP contribution in [-0.4, -0.2) is 34.7 Å². The fourth-order valence-corrected chi connectivity index (χ4v) is 4.60. The summed E-state index contributed by atoms with van der Waals surface area (Å²) in [5, 5.41) is 14.2. The minimum Gasteiger partial charge on any atom is -0.292 e. The number of H-pyrrole nitrogens is 1. The van der Waals surface area contributed by atoms with E-state index in [1.54, 1.807) is 4.57 Å². The van der Waals surface area contributed by atoms with Crippen molar-refractivity contribution in [3.05, 3.63) is 99.3 Å². The Kier molecular flexibility index (Phi) is 6.67. The zero-order valence-electron chi connectivity index (χ0n) is 19.2. The molecule has 3 heterocycles. The first-order valence-electron chi connectivity index (χ1n) is 11.5. The fourth-order valence-electron chi connectivity index (χ4n) is 4.12. The van der Waals surface area contributed by atoms with Crippen molar-refractivity contribution in [3.8, 4) is 28.3 Å². The van der Waals surface area contributed by atoms with Gasteiger partial charge in [-0.05, 0) is 63.0 Å². The standard InChI is InChI=1S/C26H24BrN7O/c1-2-3-8-19-17-34(24-12-7-6-11-22(24)27)26(35)33(19)16-18-13-14-23(28-15-18)20-9-4-5-10-21(20)25-29-31-32-30-25/h4-7,9-15,17H,2-3,8,16H2,1H3,(H,29,30,31,32). The second kappa shape index (κ2) is 10.2. The van der Waals surface area contributed by atoms with E-state index in [2.05, 4.69) is 43.5 Å². The topological polar surface area (TPSA) is 94.3 Å². The van der Waals surface area contributed by atoms with Crippen molar-refractivity contribution in [2.75, 3.05) is 0 Å². The molecule has 0 aliphatic rings. The molecule has 0 saturated heterocycles. The number of hydrogen-bond acceptors (Lipinski definition) is 5. The molecule has 0 atom stereocenters. The zero-order valence-corrected chi connectivity index (χ0v) is 20.8. The van der Waals surface area contributed by atoms with Crippen molar-refractivity contribution in [2.24, 2.45) is 0 Å². The Morgan fingerprint density at radius 3 is 2.51 bits per heavy atom. The Bertz CT molecular complexity index is 1490. The lowest BCUT2D eigenvalue weighted by Crippen LogP contribution is -2.25. The minimum absolute atomic E-state index is 0.0600. The van der Waals surface area contributed by atoms with Gasteiger partial charge in [-0.2, -0.15) is 0 Å². The molecule has 0 amide bonds. The van der Waals surface area contributed by atoms with Gasteiger partial charge in [-0.25, -0.2) is 9.89 Å². The highest BCUT2D eigenvalue weighted by Gasteiger charge is 2.15. The van der Waals surface area contributed by atoms with Crippen LogP contribution in [0.3, 0.4) is 0 Å². The van der Waals surface area contributed by atoms with E-state index in [1.165, 1.54) is 0 Å². The monoisotopic (exact) mass is 529 g/mol. The quantitative estimate of drug-likeness (QED) is 0.304. The van der Waals surface area contributed by atoms with Gasteiger partial charge in [0.15, 0.2) is 5.82 Å². The van der Waals surface area contributed by atoms with Crippen molar-refractivity contribution >= 4 is 15.9 Å². The summed E-state index contributed by atoms with van der Waals surface area (Å²) in [5.41, 5.74) is 5.36. The number of rotatable bonds is 8. The number of aromatic nitrogens is 7. The van der Waals surface area contributed by atoms with Crippen LogP contribution in [0.15, 0.2) is 82.3 Å². The summed E-state index contributed by atoms with van der Waals surface area (Å²) < 4.78 is 4.45. The largest absolute Gasteiger partial charge is 0.333 e. The van der Waals surface area contributed by atoms with E-state index < -0.39 is 0 Å². The van der Waals surface area contributed by atoms with Gasteiger partial charge in [0.25, 0.3) is 0 Å². The maximum atomic E-state index is 13.4. The number of para-hydroxylation sites is 1. The number of hydrogen-bond donors (Lipinski definition) is 1. The van der Waals surface area contributed by atoms with E-state index in [1.807, 2.05) is 77.6 Å². The summed E-state index contributed by atoms with van der Waals surface area (Å²) >= 11 is 3.58. The van der Waals surface area contributed by atoms with E-state index in [4.69, 9.17) is 4.98 Å². The molecule has 35 heavy (non-hydrogen) atoms. The average molecular weight is 530 g/mol. The number of tetrazole rings is 1. The SMILES string of the molecule is CCCCc1cn(-c2ccccc2Br)c(=O)n1Cc1ccc(-c2ccccc2-c2nnn[nH]2)nc1. The van der Waals surface area contributed by atoms with Gasteiger partial charge in [-0.3, -0.25) is 14.1 Å². The van der Waals surface area contributed by atoms with E-state index in [9.17, 15) is 4.79 Å². The Labute approximate surface area is 210 Å². The summed E-state index contributed by atoms with van der Waals surface area (Å²) in [6.07, 6.45) is 6.71. The van der Waals surface area contributed by atoms with Crippen LogP contribution in [0.1, 0.15) is 31.0 Å². The van der Waals surface area contributed by atoms with Crippen LogP contribution in [0.4, 0.5) is 0 Å². The number of benzene rings is 2. The normalized spacial score (nSPS) is 11.1. The summed E-state index contributed by atoms with van der Waals surface area (Å²) in [4.78, 5) is 18.1. The van der Waals surface area contributed by atoms with Gasteiger partial charge in [0, 0.05) is 33.7 Å². The van der Waals surface area contributed by atoms with Crippen LogP contribution in [0, 0.1) is 0 Å². The van der Waals surface area contributed by atoms with Crippen molar-refractivity contribution < 1.29 is 0 Å². The molecule has 0 unspecified atom stereocenters. The summed E-state index contributed by atoms with van der Waals surface area (Å²) in [6, 6.07) is 19.6. The molecule has 0 bridgehead atoms. The molecule has 0 radical (unpaired) electrons. The van der Waals surface area contributed by atoms with Gasteiger partial charge in [-0.1, -0.05) is 55.8 Å². The summed E-state index contributed by atoms with van der Waals surface area (Å²) in [6.45, 7) is 2.61. The van der Waals surface area contributed by atoms with Crippen molar-refractivity contribution in [1.29, 1.82) is 0 Å². The number of aryl methyl sites for hydroxylation is 1. The molecule has 8 nitrogen and oxygen atoms in total. The molecule has 0 aliphatic heterocycles. The van der Waals surface area contributed by atoms with Crippen molar-refractivity contribution in [1.82, 2.24) is 34.7 Å². The molecular weight excluding hydrogens is 506 g/mol. The molecule has 0 spiro atoms. The van der Waals surface area contributed by atoms with Crippen LogP contribution in [-0.2, 0) is 13.0 Å². The molecule has 5 rings (SSSR count). The average Bonchev–Trinajstić information content (AvgIpc) is 3.53. The van der Waals surface area contributed by atoms with Gasteiger partial charge in [0.2, 0.25) is 0 Å². The summed E-state index contributed by atoms with van der Waals surface area (Å²) in [5.74, 6) is 0.590. The van der Waals surface area contributed by atoms with Gasteiger partial charge >= 0.3 is 5.69 Å². The van der Waals surface area contributed by atoms with Crippen molar-refractivity contribution in [3.63, 3.8) is 0 Å². The van der Waals surface area contributed by atoms with Gasteiger partial charge in [0.05, 0.1) is 17.9 Å². The fraction of sp³-hybridized carbons (Fsp3) is 0.192. The van der Waals surface area contributed by atoms with E-state index in [0.717, 1.165) is 57.5 Å². The third kappa shape index (κ3) is 4.72. The Hall–Kier alpha value is -3.85. The van der Waals surface area contributed by atoms with Crippen LogP contribution in [0.25, 0.3) is 28.3 Å². The number of pyridine rings is 1. The first kappa shape index (κ1) is 22.9. The first-order valence-corrected chi connectivity index (χ1v) is 12.3. The lowest BCUT2D eigenvalue weighted by Gasteiger charge is -2.09. The van der Waals surface area contributed by atoms with E-state index in [-0.39, 0.29) is 5.69 Å². The number of aromatic amines is 1. The summed E-state index contributed by atoms with van der Waals surface area (Å²) in [7, 11) is 0. The number of imidazole rings is 1. The predicted octanol–water partition coefficient (Wildman–Crippen LogP) is 5.03. The molecule has 0 saturated carbocycles. The van der Waals surface area contributed by atoms with Gasteiger partial charge in [0.1, 0.15) is 0 Å². The third-order valence-corrected chi connectivity index (χ3v) is 6.60. The maximum absolute atomic E-state index is 13.4. The highest BCUT2D eigenvalue weighted by atomic mass is 79.9. The number of nitrogens with one attached hydrogen (secondary N) is 1. The highest BCUT2D eigenvalue weighted by molar-refractivity contribution is 9.10. The Balaban J connectivity index is 1.47. The van der Waals surface area contributed by atoms with Crippen LogP contribution in [0.2, 0.25) is 0 Å². The molecule has 3 aromatic heterocycles. The lowest BCUT2D eigenvalue weighted by atomic mass is 10.0. The van der Waals surface area contributed by atoms with E-state index in [0.29, 0.717) is 12.4 Å². The van der Waals surface area contributed by atoms with Gasteiger partial charge in [-0.15, -0.1) is 5.10 Å². The first-order chi connectivity index (χ1) is 17.2.